The molecule has 0 spiro atoms. The van der Waals surface area contributed by atoms with E-state index in [2.05, 4.69) is 30.5 Å². The Morgan fingerprint density at radius 1 is 1.23 bits per heavy atom. The molecule has 2 aliphatic heterocycles. The van der Waals surface area contributed by atoms with E-state index >= 15 is 0 Å². The number of carbonyl (C=O) groups is 1. The molecule has 1 fully saturated rings. The number of nitrogens with one attached hydrogen (secondary N) is 2. The number of aromatic nitrogens is 4. The topological polar surface area (TPSA) is 144 Å². The summed E-state index contributed by atoms with van der Waals surface area (Å²) < 4.78 is 12.1. The van der Waals surface area contributed by atoms with Crippen molar-refractivity contribution in [1.29, 1.82) is 0 Å². The Bertz CT molecular complexity index is 1300. The van der Waals surface area contributed by atoms with Gasteiger partial charge in [-0.1, -0.05) is 0 Å². The fraction of sp³-hybridized carbons (Fsp3) is 0.435. The van der Waals surface area contributed by atoms with Crippen LogP contribution in [0.15, 0.2) is 35.4 Å². The van der Waals surface area contributed by atoms with E-state index in [4.69, 9.17) is 9.47 Å². The van der Waals surface area contributed by atoms with Gasteiger partial charge in [0.05, 0.1) is 37.0 Å². The minimum Gasteiger partial charge on any atom is -0.481 e. The smallest absolute Gasteiger partial charge is 0.270 e. The molecular formula is C23H27N7O5. The zero-order chi connectivity index (χ0) is 24.4. The molecule has 3 N–H and O–H groups in total. The van der Waals surface area contributed by atoms with Crippen LogP contribution >= 0.6 is 0 Å². The molecule has 0 saturated carbocycles. The normalized spacial score (nSPS) is 19.9. The first-order valence-corrected chi connectivity index (χ1v) is 11.4. The van der Waals surface area contributed by atoms with Crippen molar-refractivity contribution in [3.63, 3.8) is 0 Å². The van der Waals surface area contributed by atoms with Crippen LogP contribution in [-0.2, 0) is 17.9 Å². The number of rotatable bonds is 8. The first kappa shape index (κ1) is 23.1. The number of β-amino-alcohol motifs (C(OH)–C–C–N with tert-alkyl or cyclic N) is 1. The molecule has 2 aliphatic rings. The maximum atomic E-state index is 12.5. The molecule has 0 radical (unpaired) electrons. The van der Waals surface area contributed by atoms with Crippen molar-refractivity contribution in [3.05, 3.63) is 46.6 Å². The van der Waals surface area contributed by atoms with Gasteiger partial charge in [-0.05, 0) is 12.1 Å². The van der Waals surface area contributed by atoms with E-state index < -0.39 is 6.10 Å². The molecule has 1 saturated heterocycles. The van der Waals surface area contributed by atoms with Gasteiger partial charge in [-0.25, -0.2) is 4.98 Å². The summed E-state index contributed by atoms with van der Waals surface area (Å²) in [7, 11) is 1.53. The molecular weight excluding hydrogens is 454 g/mol. The number of aliphatic hydroxyl groups is 1. The van der Waals surface area contributed by atoms with Crippen LogP contribution in [-0.4, -0.2) is 81.4 Å². The summed E-state index contributed by atoms with van der Waals surface area (Å²) in [5.41, 5.74) is 2.26. The number of amides is 1. The predicted octanol–water partition coefficient (Wildman–Crippen LogP) is -0.391. The number of anilines is 1. The maximum Gasteiger partial charge on any atom is 0.270 e. The largest absolute Gasteiger partial charge is 0.481 e. The van der Waals surface area contributed by atoms with Crippen molar-refractivity contribution in [1.82, 2.24) is 29.7 Å². The average molecular weight is 482 g/mol. The lowest BCUT2D eigenvalue weighted by Gasteiger charge is -2.19. The summed E-state index contributed by atoms with van der Waals surface area (Å²) in [4.78, 5) is 39.0. The fourth-order valence-corrected chi connectivity index (χ4v) is 4.43. The highest BCUT2D eigenvalue weighted by Gasteiger charge is 2.30. The Labute approximate surface area is 200 Å². The van der Waals surface area contributed by atoms with Crippen LogP contribution in [0, 0.1) is 5.92 Å². The summed E-state index contributed by atoms with van der Waals surface area (Å²) >= 11 is 0. The highest BCUT2D eigenvalue weighted by molar-refractivity contribution is 5.95. The van der Waals surface area contributed by atoms with E-state index in [0.29, 0.717) is 67.7 Å². The molecule has 0 unspecified atom stereocenters. The third-order valence-corrected chi connectivity index (χ3v) is 6.27. The average Bonchev–Trinajstić information content (AvgIpc) is 3.21. The number of aliphatic hydroxyl groups excluding tert-OH is 1. The second-order valence-electron chi connectivity index (χ2n) is 8.67. The van der Waals surface area contributed by atoms with Gasteiger partial charge >= 0.3 is 0 Å². The summed E-state index contributed by atoms with van der Waals surface area (Å²) in [6, 6.07) is 5.27. The number of hydrogen-bond donors (Lipinski definition) is 3. The van der Waals surface area contributed by atoms with Gasteiger partial charge in [0.2, 0.25) is 5.88 Å². The summed E-state index contributed by atoms with van der Waals surface area (Å²) in [5, 5.41) is 16.7. The SMILES string of the molecule is COc1ccc2ncc(=O)n(CCN3C[C@H](CNCc4cc5c(cn4)OCC(=O)N5)[C@H](O)C3)c2n1. The maximum absolute atomic E-state index is 12.5. The van der Waals surface area contributed by atoms with E-state index in [9.17, 15) is 14.7 Å². The zero-order valence-corrected chi connectivity index (χ0v) is 19.3. The van der Waals surface area contributed by atoms with E-state index in [0.717, 1.165) is 5.69 Å². The molecule has 5 rings (SSSR count). The molecule has 35 heavy (non-hydrogen) atoms. The number of pyridine rings is 2. The van der Waals surface area contributed by atoms with Gasteiger partial charge in [0.15, 0.2) is 18.0 Å². The van der Waals surface area contributed by atoms with Crippen LogP contribution < -0.4 is 25.7 Å². The second kappa shape index (κ2) is 9.94. The van der Waals surface area contributed by atoms with Gasteiger partial charge in [-0.2, -0.15) is 4.98 Å². The molecule has 12 nitrogen and oxygen atoms in total. The number of carbonyl (C=O) groups excluding carboxylic acids is 1. The molecule has 184 valence electrons. The van der Waals surface area contributed by atoms with Crippen LogP contribution in [0.4, 0.5) is 5.69 Å². The van der Waals surface area contributed by atoms with Crippen molar-refractivity contribution in [3.8, 4) is 11.6 Å². The van der Waals surface area contributed by atoms with Gasteiger partial charge in [-0.3, -0.25) is 24.0 Å². The van der Waals surface area contributed by atoms with Crippen LogP contribution in [0.2, 0.25) is 0 Å². The van der Waals surface area contributed by atoms with Crippen LogP contribution in [0.25, 0.3) is 11.2 Å². The Morgan fingerprint density at radius 3 is 2.97 bits per heavy atom. The minimum absolute atomic E-state index is 0.000922. The highest BCUT2D eigenvalue weighted by Crippen LogP contribution is 2.27. The Hall–Kier alpha value is -3.61. The van der Waals surface area contributed by atoms with E-state index in [1.54, 1.807) is 29.0 Å². The van der Waals surface area contributed by atoms with Crippen LogP contribution in [0.3, 0.4) is 0 Å². The van der Waals surface area contributed by atoms with Crippen molar-refractivity contribution < 1.29 is 19.4 Å². The van der Waals surface area contributed by atoms with Gasteiger partial charge in [0.25, 0.3) is 11.5 Å². The summed E-state index contributed by atoms with van der Waals surface area (Å²) in [5.74, 6) is 0.836. The molecule has 0 aromatic carbocycles. The quantitative estimate of drug-likeness (QED) is 0.389. The molecule has 0 bridgehead atoms. The zero-order valence-electron chi connectivity index (χ0n) is 19.3. The molecule has 12 heteroatoms. The third-order valence-electron chi connectivity index (χ3n) is 6.27. The standard InChI is InChI=1S/C23H27N7O5/c1-34-21-3-2-16-23(28-21)30(22(33)10-26-16)5-4-29-11-14(18(31)12-29)7-24-8-15-6-17-19(9-25-15)35-13-20(32)27-17/h2-3,6,9-10,14,18,24,31H,4-5,7-8,11-13H2,1H3,(H,27,32)/t14-,18+/m0/s1. The highest BCUT2D eigenvalue weighted by atomic mass is 16.5. The third kappa shape index (κ3) is 5.09. The number of likely N-dealkylation sites (tertiary alicyclic amines) is 1. The van der Waals surface area contributed by atoms with E-state index in [1.165, 1.54) is 13.3 Å². The molecule has 2 atom stereocenters. The molecule has 3 aromatic heterocycles. The number of methoxy groups -OCH3 is 1. The van der Waals surface area contributed by atoms with Crippen LogP contribution in [0.1, 0.15) is 5.69 Å². The lowest BCUT2D eigenvalue weighted by molar-refractivity contribution is -0.118. The molecule has 3 aromatic rings. The van der Waals surface area contributed by atoms with Gasteiger partial charge in [0, 0.05) is 51.3 Å². The van der Waals surface area contributed by atoms with E-state index in [-0.39, 0.29) is 24.0 Å². The minimum atomic E-state index is -0.476. The van der Waals surface area contributed by atoms with Crippen molar-refractivity contribution in [2.45, 2.75) is 19.2 Å². The lowest BCUT2D eigenvalue weighted by atomic mass is 10.1. The predicted molar refractivity (Wildman–Crippen MR) is 126 cm³/mol. The number of nitrogens with zero attached hydrogens (tertiary/aromatic N) is 5. The first-order valence-electron chi connectivity index (χ1n) is 11.4. The summed E-state index contributed by atoms with van der Waals surface area (Å²) in [6.45, 7) is 3.36. The number of fused-ring (bicyclic) bond motifs is 2. The fourth-order valence-electron chi connectivity index (χ4n) is 4.43. The number of hydrogen-bond acceptors (Lipinski definition) is 10. The van der Waals surface area contributed by atoms with Crippen LogP contribution in [0.5, 0.6) is 11.6 Å². The van der Waals surface area contributed by atoms with Gasteiger partial charge in [-0.15, -0.1) is 0 Å². The number of ether oxygens (including phenoxy) is 2. The second-order valence-corrected chi connectivity index (χ2v) is 8.67. The van der Waals surface area contributed by atoms with Crippen molar-refractivity contribution >= 4 is 22.8 Å². The molecule has 5 heterocycles. The summed E-state index contributed by atoms with van der Waals surface area (Å²) in [6.07, 6.45) is 2.43. The lowest BCUT2D eigenvalue weighted by Crippen LogP contribution is -2.31. The van der Waals surface area contributed by atoms with Crippen molar-refractivity contribution in [2.75, 3.05) is 45.2 Å². The Balaban J connectivity index is 1.16. The monoisotopic (exact) mass is 481 g/mol. The molecule has 1 amide bonds. The Morgan fingerprint density at radius 2 is 2.11 bits per heavy atom. The Kier molecular flexibility index (Phi) is 6.57. The van der Waals surface area contributed by atoms with Gasteiger partial charge in [0.1, 0.15) is 5.52 Å². The van der Waals surface area contributed by atoms with E-state index in [1.807, 2.05) is 0 Å². The first-order chi connectivity index (χ1) is 17.0. The van der Waals surface area contributed by atoms with Gasteiger partial charge < -0.3 is 25.2 Å². The van der Waals surface area contributed by atoms with Crippen molar-refractivity contribution in [2.24, 2.45) is 5.92 Å². The molecule has 0 aliphatic carbocycles.